The molecule has 1 atom stereocenters. The van der Waals surface area contributed by atoms with Crippen LogP contribution in [0.25, 0.3) is 0 Å². The van der Waals surface area contributed by atoms with Gasteiger partial charge in [0.25, 0.3) is 5.91 Å². The summed E-state index contributed by atoms with van der Waals surface area (Å²) in [6.07, 6.45) is 1.11. The van der Waals surface area contributed by atoms with Crippen LogP contribution in [0.2, 0.25) is 0 Å². The second-order valence-corrected chi connectivity index (χ2v) is 9.79. The highest BCUT2D eigenvalue weighted by atomic mass is 32.2. The van der Waals surface area contributed by atoms with Gasteiger partial charge in [-0.1, -0.05) is 16.5 Å². The summed E-state index contributed by atoms with van der Waals surface area (Å²) in [7, 11) is -3.89. The van der Waals surface area contributed by atoms with Crippen molar-refractivity contribution >= 4 is 33.0 Å². The van der Waals surface area contributed by atoms with Gasteiger partial charge in [-0.15, -0.1) is 10.2 Å². The molecule has 9 nitrogen and oxygen atoms in total. The first-order chi connectivity index (χ1) is 14.7. The monoisotopic (exact) mass is 469 g/mol. The third kappa shape index (κ3) is 3.95. The van der Waals surface area contributed by atoms with E-state index in [4.69, 9.17) is 4.52 Å². The van der Waals surface area contributed by atoms with Gasteiger partial charge in [0.05, 0.1) is 11.7 Å². The van der Waals surface area contributed by atoms with Crippen molar-refractivity contribution in [3.05, 3.63) is 51.3 Å². The van der Waals surface area contributed by atoms with Crippen LogP contribution in [-0.2, 0) is 10.0 Å². The SMILES string of the molecule is Cc1noc(C)c1S(=O)(=O)N1CCC[C@H]1c1nnc(C(=O)Nc2ccc(F)cc2F)s1. The number of aryl methyl sites for hydroxylation is 2. The molecule has 164 valence electrons. The van der Waals surface area contributed by atoms with Crippen LogP contribution in [-0.4, -0.2) is 40.5 Å². The number of carbonyl (C=O) groups excluding carboxylic acids is 1. The van der Waals surface area contributed by atoms with Crippen molar-refractivity contribution in [1.29, 1.82) is 0 Å². The van der Waals surface area contributed by atoms with Crippen molar-refractivity contribution in [3.8, 4) is 0 Å². The molecule has 1 saturated heterocycles. The molecule has 1 aliphatic heterocycles. The summed E-state index contributed by atoms with van der Waals surface area (Å²) in [5, 5.41) is 14.1. The number of nitrogens with zero attached hydrogens (tertiary/aromatic N) is 4. The average molecular weight is 469 g/mol. The van der Waals surface area contributed by atoms with E-state index in [1.807, 2.05) is 0 Å². The number of anilines is 1. The first-order valence-electron chi connectivity index (χ1n) is 9.23. The predicted molar refractivity (Wildman–Crippen MR) is 106 cm³/mol. The minimum atomic E-state index is -3.89. The van der Waals surface area contributed by atoms with E-state index in [1.165, 1.54) is 11.2 Å². The fraction of sp³-hybridized carbons (Fsp3) is 0.333. The highest BCUT2D eigenvalue weighted by molar-refractivity contribution is 7.89. The number of carbonyl (C=O) groups is 1. The molecule has 0 spiro atoms. The molecule has 13 heteroatoms. The van der Waals surface area contributed by atoms with Crippen LogP contribution in [0.1, 0.15) is 45.1 Å². The van der Waals surface area contributed by atoms with Crippen molar-refractivity contribution in [3.63, 3.8) is 0 Å². The number of benzene rings is 1. The van der Waals surface area contributed by atoms with E-state index in [9.17, 15) is 22.0 Å². The lowest BCUT2D eigenvalue weighted by molar-refractivity contribution is 0.102. The molecule has 0 radical (unpaired) electrons. The molecule has 1 amide bonds. The smallest absolute Gasteiger partial charge is 0.286 e. The summed E-state index contributed by atoms with van der Waals surface area (Å²) in [5.74, 6) is -2.23. The molecule has 1 aliphatic rings. The summed E-state index contributed by atoms with van der Waals surface area (Å²) in [6, 6.07) is 2.16. The van der Waals surface area contributed by atoms with Crippen LogP contribution in [0.3, 0.4) is 0 Å². The molecule has 3 heterocycles. The zero-order valence-corrected chi connectivity index (χ0v) is 18.1. The first-order valence-corrected chi connectivity index (χ1v) is 11.5. The Labute approximate surface area is 180 Å². The Hall–Kier alpha value is -2.77. The Morgan fingerprint density at radius 2 is 2.06 bits per heavy atom. The van der Waals surface area contributed by atoms with Gasteiger partial charge in [-0.25, -0.2) is 17.2 Å². The van der Waals surface area contributed by atoms with Gasteiger partial charge in [0.15, 0.2) is 5.76 Å². The number of halogens is 2. The topological polar surface area (TPSA) is 118 Å². The average Bonchev–Trinajstić information content (AvgIpc) is 3.43. The Bertz CT molecular complexity index is 1240. The second kappa shape index (κ2) is 8.05. The van der Waals surface area contributed by atoms with Gasteiger partial charge in [-0.3, -0.25) is 4.79 Å². The zero-order chi connectivity index (χ0) is 22.3. The third-order valence-corrected chi connectivity index (χ3v) is 8.01. The molecule has 1 fully saturated rings. The largest absolute Gasteiger partial charge is 0.360 e. The number of nitrogens with one attached hydrogen (secondary N) is 1. The zero-order valence-electron chi connectivity index (χ0n) is 16.4. The number of aromatic nitrogens is 3. The van der Waals surface area contributed by atoms with E-state index >= 15 is 0 Å². The van der Waals surface area contributed by atoms with E-state index in [1.54, 1.807) is 6.92 Å². The number of sulfonamides is 1. The molecule has 1 aromatic carbocycles. The normalized spacial score (nSPS) is 17.2. The summed E-state index contributed by atoms with van der Waals surface area (Å²) in [4.78, 5) is 12.4. The lowest BCUT2D eigenvalue weighted by Gasteiger charge is -2.21. The lowest BCUT2D eigenvalue weighted by Crippen LogP contribution is -2.31. The van der Waals surface area contributed by atoms with Gasteiger partial charge < -0.3 is 9.84 Å². The minimum Gasteiger partial charge on any atom is -0.360 e. The Balaban J connectivity index is 1.57. The predicted octanol–water partition coefficient (Wildman–Crippen LogP) is 3.20. The fourth-order valence-corrected chi connectivity index (χ4v) is 6.37. The van der Waals surface area contributed by atoms with E-state index in [0.29, 0.717) is 23.9 Å². The molecular weight excluding hydrogens is 452 g/mol. The maximum absolute atomic E-state index is 13.8. The number of hydrogen-bond donors (Lipinski definition) is 1. The quantitative estimate of drug-likeness (QED) is 0.610. The number of hydrogen-bond acceptors (Lipinski definition) is 8. The standard InChI is InChI=1S/C18H17F2N5O4S2/c1-9-15(10(2)29-24-9)31(27,28)25-7-3-4-14(25)17-22-23-18(30-17)16(26)21-13-6-5-11(19)8-12(13)20/h5-6,8,14H,3-4,7H2,1-2H3,(H,21,26)/t14-/m0/s1. The van der Waals surface area contributed by atoms with Gasteiger partial charge in [0, 0.05) is 12.6 Å². The summed E-state index contributed by atoms with van der Waals surface area (Å²) in [5.41, 5.74) is 0.0634. The molecule has 1 N–H and O–H groups in total. The van der Waals surface area contributed by atoms with Crippen LogP contribution >= 0.6 is 11.3 Å². The number of amides is 1. The lowest BCUT2D eigenvalue weighted by atomic mass is 10.2. The minimum absolute atomic E-state index is 0.0219. The third-order valence-electron chi connectivity index (χ3n) is 4.84. The van der Waals surface area contributed by atoms with Crippen LogP contribution in [0.4, 0.5) is 14.5 Å². The van der Waals surface area contributed by atoms with Crippen molar-refractivity contribution in [1.82, 2.24) is 19.7 Å². The van der Waals surface area contributed by atoms with Gasteiger partial charge in [-0.05, 0) is 38.8 Å². The van der Waals surface area contributed by atoms with Gasteiger partial charge >= 0.3 is 0 Å². The van der Waals surface area contributed by atoms with Crippen LogP contribution in [0.15, 0.2) is 27.6 Å². The van der Waals surface area contributed by atoms with Crippen LogP contribution in [0.5, 0.6) is 0 Å². The van der Waals surface area contributed by atoms with E-state index < -0.39 is 33.6 Å². The second-order valence-electron chi connectivity index (χ2n) is 6.95. The summed E-state index contributed by atoms with van der Waals surface area (Å²) in [6.45, 7) is 3.36. The van der Waals surface area contributed by atoms with E-state index in [0.717, 1.165) is 23.5 Å². The van der Waals surface area contributed by atoms with Crippen LogP contribution in [0, 0.1) is 25.5 Å². The molecule has 0 bridgehead atoms. The summed E-state index contributed by atoms with van der Waals surface area (Å²) >= 11 is 0.916. The Morgan fingerprint density at radius 1 is 1.29 bits per heavy atom. The maximum atomic E-state index is 13.8. The van der Waals surface area contributed by atoms with Crippen molar-refractivity contribution in [2.75, 3.05) is 11.9 Å². The molecule has 2 aromatic heterocycles. The first kappa shape index (κ1) is 21.5. The summed E-state index contributed by atoms with van der Waals surface area (Å²) < 4.78 is 59.5. The molecule has 31 heavy (non-hydrogen) atoms. The maximum Gasteiger partial charge on any atom is 0.286 e. The highest BCUT2D eigenvalue weighted by Crippen LogP contribution is 2.39. The van der Waals surface area contributed by atoms with Crippen molar-refractivity contribution in [2.24, 2.45) is 0 Å². The Kier molecular flexibility index (Phi) is 5.58. The molecule has 0 aliphatic carbocycles. The molecular formula is C18H17F2N5O4S2. The van der Waals surface area contributed by atoms with Gasteiger partial charge in [-0.2, -0.15) is 4.31 Å². The van der Waals surface area contributed by atoms with E-state index in [-0.39, 0.29) is 33.6 Å². The molecule has 4 rings (SSSR count). The van der Waals surface area contributed by atoms with E-state index in [2.05, 4.69) is 20.7 Å². The molecule has 0 saturated carbocycles. The van der Waals surface area contributed by atoms with Crippen molar-refractivity contribution < 1.29 is 26.5 Å². The van der Waals surface area contributed by atoms with Crippen molar-refractivity contribution in [2.45, 2.75) is 37.6 Å². The molecule has 3 aromatic rings. The Morgan fingerprint density at radius 3 is 2.74 bits per heavy atom. The number of rotatable bonds is 5. The highest BCUT2D eigenvalue weighted by Gasteiger charge is 2.41. The van der Waals surface area contributed by atoms with Gasteiger partial charge in [0.2, 0.25) is 15.0 Å². The van der Waals surface area contributed by atoms with Gasteiger partial charge in [0.1, 0.15) is 27.2 Å². The van der Waals surface area contributed by atoms with Crippen LogP contribution < -0.4 is 5.32 Å². The molecule has 0 unspecified atom stereocenters. The fourth-order valence-electron chi connectivity index (χ4n) is 3.46.